The molecule has 0 aliphatic rings. The first-order valence-electron chi connectivity index (χ1n) is 6.51. The van der Waals surface area contributed by atoms with E-state index in [9.17, 15) is 19.8 Å². The fourth-order valence-electron chi connectivity index (χ4n) is 2.43. The number of hydrogen-bond donors (Lipinski definition) is 2. The van der Waals surface area contributed by atoms with Crippen LogP contribution in [0.2, 0.25) is 0 Å². The first kappa shape index (κ1) is 15.6. The number of aromatic hydroxyl groups is 2. The molecular weight excluding hydrogens is 288 g/mol. The lowest BCUT2D eigenvalue weighted by Gasteiger charge is -2.15. The number of hydrogen-bond acceptors (Lipinski definition) is 6. The SMILES string of the molecule is COc1cc(OC)c2c(O)c(C=O)c(CC(C)=O)cc2c1O. The van der Waals surface area contributed by atoms with E-state index in [0.717, 1.165) is 0 Å². The van der Waals surface area contributed by atoms with Crippen molar-refractivity contribution in [3.8, 4) is 23.0 Å². The number of phenols is 2. The molecule has 0 aliphatic heterocycles. The van der Waals surface area contributed by atoms with Crippen molar-refractivity contribution in [3.05, 3.63) is 23.3 Å². The molecule has 6 nitrogen and oxygen atoms in total. The molecule has 0 atom stereocenters. The molecule has 0 amide bonds. The summed E-state index contributed by atoms with van der Waals surface area (Å²) >= 11 is 0. The molecule has 0 unspecified atom stereocenters. The number of phenolic OH excluding ortho intramolecular Hbond substituents is 2. The number of methoxy groups -OCH3 is 2. The number of carbonyl (C=O) groups excluding carboxylic acids is 2. The van der Waals surface area contributed by atoms with Crippen LogP contribution in [0, 0.1) is 0 Å². The predicted octanol–water partition coefficient (Wildman–Crippen LogP) is 2.21. The van der Waals surface area contributed by atoms with Crippen LogP contribution in [0.4, 0.5) is 0 Å². The third kappa shape index (κ3) is 2.43. The highest BCUT2D eigenvalue weighted by atomic mass is 16.5. The van der Waals surface area contributed by atoms with Crippen LogP contribution in [0.3, 0.4) is 0 Å². The van der Waals surface area contributed by atoms with Gasteiger partial charge in [-0.3, -0.25) is 9.59 Å². The molecule has 0 saturated carbocycles. The zero-order chi connectivity index (χ0) is 16.4. The van der Waals surface area contributed by atoms with Crippen molar-refractivity contribution in [2.45, 2.75) is 13.3 Å². The summed E-state index contributed by atoms with van der Waals surface area (Å²) in [5, 5.41) is 21.1. The van der Waals surface area contributed by atoms with Crippen LogP contribution >= 0.6 is 0 Å². The van der Waals surface area contributed by atoms with Crippen molar-refractivity contribution in [2.24, 2.45) is 0 Å². The summed E-state index contributed by atoms with van der Waals surface area (Å²) in [4.78, 5) is 22.6. The zero-order valence-corrected chi connectivity index (χ0v) is 12.5. The van der Waals surface area contributed by atoms with Gasteiger partial charge in [-0.25, -0.2) is 0 Å². The quantitative estimate of drug-likeness (QED) is 0.823. The molecule has 2 N–H and O–H groups in total. The molecule has 0 aromatic heterocycles. The van der Waals surface area contributed by atoms with Crippen molar-refractivity contribution in [2.75, 3.05) is 14.2 Å². The van der Waals surface area contributed by atoms with Crippen molar-refractivity contribution < 1.29 is 29.3 Å². The number of aldehydes is 1. The molecule has 2 aromatic rings. The van der Waals surface area contributed by atoms with Gasteiger partial charge in [0.05, 0.1) is 25.2 Å². The summed E-state index contributed by atoms with van der Waals surface area (Å²) in [6.45, 7) is 1.38. The van der Waals surface area contributed by atoms with Gasteiger partial charge >= 0.3 is 0 Å². The first-order valence-corrected chi connectivity index (χ1v) is 6.51. The minimum Gasteiger partial charge on any atom is -0.506 e. The number of ether oxygens (including phenoxy) is 2. The van der Waals surface area contributed by atoms with Crippen molar-refractivity contribution in [1.29, 1.82) is 0 Å². The van der Waals surface area contributed by atoms with Gasteiger partial charge in [0.25, 0.3) is 0 Å². The Morgan fingerprint density at radius 1 is 1.14 bits per heavy atom. The number of ketones is 1. The fourth-order valence-corrected chi connectivity index (χ4v) is 2.43. The molecule has 0 radical (unpaired) electrons. The maximum Gasteiger partial charge on any atom is 0.166 e. The van der Waals surface area contributed by atoms with Crippen molar-refractivity contribution in [3.63, 3.8) is 0 Å². The minimum absolute atomic E-state index is 0.00515. The van der Waals surface area contributed by atoms with Crippen molar-refractivity contribution in [1.82, 2.24) is 0 Å². The third-order valence-corrected chi connectivity index (χ3v) is 3.42. The minimum atomic E-state index is -0.335. The largest absolute Gasteiger partial charge is 0.506 e. The van der Waals surface area contributed by atoms with Crippen molar-refractivity contribution >= 4 is 22.8 Å². The highest BCUT2D eigenvalue weighted by Crippen LogP contribution is 2.46. The Kier molecular flexibility index (Phi) is 4.21. The molecule has 0 saturated heterocycles. The highest BCUT2D eigenvalue weighted by Gasteiger charge is 2.21. The van der Waals surface area contributed by atoms with Crippen LogP contribution < -0.4 is 9.47 Å². The predicted molar refractivity (Wildman–Crippen MR) is 80.2 cm³/mol. The van der Waals surface area contributed by atoms with Gasteiger partial charge in [0.1, 0.15) is 17.3 Å². The maximum atomic E-state index is 11.4. The summed E-state index contributed by atoms with van der Waals surface area (Å²) in [5.41, 5.74) is 0.337. The molecule has 0 bridgehead atoms. The first-order chi connectivity index (χ1) is 10.4. The molecule has 0 heterocycles. The van der Waals surface area contributed by atoms with E-state index in [4.69, 9.17) is 9.47 Å². The van der Waals surface area contributed by atoms with Gasteiger partial charge in [-0.2, -0.15) is 0 Å². The van der Waals surface area contributed by atoms with Crippen LogP contribution in [-0.2, 0) is 11.2 Å². The summed E-state index contributed by atoms with van der Waals surface area (Å²) < 4.78 is 10.3. The summed E-state index contributed by atoms with van der Waals surface area (Å²) in [6.07, 6.45) is 0.449. The van der Waals surface area contributed by atoms with Crippen LogP contribution in [-0.4, -0.2) is 36.5 Å². The summed E-state index contributed by atoms with van der Waals surface area (Å²) in [6, 6.07) is 2.90. The Labute approximate surface area is 126 Å². The number of benzene rings is 2. The number of Topliss-reactive ketones (excluding diaryl/α,β-unsaturated/α-hetero) is 1. The second-order valence-electron chi connectivity index (χ2n) is 4.85. The Bertz CT molecular complexity index is 763. The van der Waals surface area contributed by atoms with E-state index in [1.54, 1.807) is 0 Å². The number of fused-ring (bicyclic) bond motifs is 1. The lowest BCUT2D eigenvalue weighted by Crippen LogP contribution is -2.02. The van der Waals surface area contributed by atoms with E-state index < -0.39 is 0 Å². The van der Waals surface area contributed by atoms with Crippen LogP contribution in [0.25, 0.3) is 10.8 Å². The monoisotopic (exact) mass is 304 g/mol. The Morgan fingerprint density at radius 2 is 1.77 bits per heavy atom. The number of rotatable bonds is 5. The molecule has 0 fully saturated rings. The molecule has 2 aromatic carbocycles. The summed E-state index contributed by atoms with van der Waals surface area (Å²) in [7, 11) is 2.78. The Hall–Kier alpha value is -2.76. The Morgan fingerprint density at radius 3 is 2.27 bits per heavy atom. The van der Waals surface area contributed by atoms with Gasteiger partial charge in [-0.1, -0.05) is 0 Å². The van der Waals surface area contributed by atoms with Gasteiger partial charge in [-0.15, -0.1) is 0 Å². The van der Waals surface area contributed by atoms with E-state index in [-0.39, 0.29) is 51.5 Å². The number of carbonyl (C=O) groups is 2. The van der Waals surface area contributed by atoms with Gasteiger partial charge in [0.2, 0.25) is 0 Å². The topological polar surface area (TPSA) is 93.1 Å². The molecule has 2 rings (SSSR count). The second kappa shape index (κ2) is 5.93. The lowest BCUT2D eigenvalue weighted by atomic mass is 9.95. The Balaban J connectivity index is 2.94. The second-order valence-corrected chi connectivity index (χ2v) is 4.85. The van der Waals surface area contributed by atoms with E-state index in [2.05, 4.69) is 0 Å². The molecule has 22 heavy (non-hydrogen) atoms. The highest BCUT2D eigenvalue weighted by molar-refractivity contribution is 6.05. The van der Waals surface area contributed by atoms with Crippen LogP contribution in [0.15, 0.2) is 12.1 Å². The third-order valence-electron chi connectivity index (χ3n) is 3.42. The molecular formula is C16H16O6. The van der Waals surface area contributed by atoms with E-state index in [0.29, 0.717) is 11.8 Å². The van der Waals surface area contributed by atoms with Gasteiger partial charge in [-0.05, 0) is 18.6 Å². The lowest BCUT2D eigenvalue weighted by molar-refractivity contribution is -0.116. The zero-order valence-electron chi connectivity index (χ0n) is 12.5. The molecule has 116 valence electrons. The smallest absolute Gasteiger partial charge is 0.166 e. The average Bonchev–Trinajstić information content (AvgIpc) is 2.48. The normalized spacial score (nSPS) is 10.5. The van der Waals surface area contributed by atoms with Gasteiger partial charge < -0.3 is 19.7 Å². The fraction of sp³-hybridized carbons (Fsp3) is 0.250. The van der Waals surface area contributed by atoms with E-state index in [1.807, 2.05) is 0 Å². The molecule has 0 aliphatic carbocycles. The van der Waals surface area contributed by atoms with E-state index >= 15 is 0 Å². The maximum absolute atomic E-state index is 11.4. The standard InChI is InChI=1S/C16H16O6/c1-8(18)4-9-5-10-14(16(20)11(9)7-17)12(21-2)6-13(22-3)15(10)19/h5-7,19-20H,4H2,1-3H3. The van der Waals surface area contributed by atoms with Crippen LogP contribution in [0.1, 0.15) is 22.8 Å². The van der Waals surface area contributed by atoms with E-state index in [1.165, 1.54) is 33.3 Å². The van der Waals surface area contributed by atoms with Crippen LogP contribution in [0.5, 0.6) is 23.0 Å². The molecule has 0 spiro atoms. The van der Waals surface area contributed by atoms with Gasteiger partial charge in [0.15, 0.2) is 17.8 Å². The average molecular weight is 304 g/mol. The molecule has 6 heteroatoms. The van der Waals surface area contributed by atoms with Gasteiger partial charge in [0, 0.05) is 17.9 Å². The summed E-state index contributed by atoms with van der Waals surface area (Å²) in [5.74, 6) is -0.290.